The van der Waals surface area contributed by atoms with Crippen LogP contribution in [0.15, 0.2) is 11.6 Å². The normalized spacial score (nSPS) is 26.4. The third kappa shape index (κ3) is 2.31. The van der Waals surface area contributed by atoms with Crippen LogP contribution in [-0.4, -0.2) is 13.7 Å². The maximum absolute atomic E-state index is 10.8. The summed E-state index contributed by atoms with van der Waals surface area (Å²) in [5, 5.41) is 4.66. The first-order chi connectivity index (χ1) is 5.00. The zero-order chi connectivity index (χ0) is 8.48. The van der Waals surface area contributed by atoms with Gasteiger partial charge in [-0.05, 0) is 26.2 Å². The fraction of sp³-hybridized carbons (Fsp3) is 0.714. The Morgan fingerprint density at radius 3 is 2.64 bits per heavy atom. The average molecular weight is 175 g/mol. The van der Waals surface area contributed by atoms with Crippen molar-refractivity contribution >= 4 is 10.0 Å². The molecule has 11 heavy (non-hydrogen) atoms. The summed E-state index contributed by atoms with van der Waals surface area (Å²) in [6.45, 7) is 2.01. The number of hydrogen-bond donors (Lipinski definition) is 1. The first-order valence-corrected chi connectivity index (χ1v) is 5.28. The molecule has 64 valence electrons. The van der Waals surface area contributed by atoms with Gasteiger partial charge in [0.25, 0.3) is 0 Å². The molecule has 4 heteroatoms. The highest BCUT2D eigenvalue weighted by Gasteiger charge is 2.22. The SMILES string of the molecule is CC1=CCC(S(N)(=O)=O)CC1. The highest BCUT2D eigenvalue weighted by atomic mass is 32.2. The molecule has 1 rings (SSSR count). The van der Waals surface area contributed by atoms with E-state index in [9.17, 15) is 8.42 Å². The zero-order valence-corrected chi connectivity index (χ0v) is 7.39. The Morgan fingerprint density at radius 1 is 1.64 bits per heavy atom. The number of hydrogen-bond acceptors (Lipinski definition) is 2. The zero-order valence-electron chi connectivity index (χ0n) is 6.58. The maximum atomic E-state index is 10.8. The van der Waals surface area contributed by atoms with Crippen molar-refractivity contribution in [2.75, 3.05) is 0 Å². The average Bonchev–Trinajstić information content (AvgIpc) is 1.86. The Hall–Kier alpha value is -0.350. The summed E-state index contributed by atoms with van der Waals surface area (Å²) in [6.07, 6.45) is 4.09. The minimum Gasteiger partial charge on any atom is -0.228 e. The number of primary sulfonamides is 1. The van der Waals surface area contributed by atoms with E-state index in [1.54, 1.807) is 0 Å². The molecule has 1 atom stereocenters. The summed E-state index contributed by atoms with van der Waals surface area (Å²) in [6, 6.07) is 0. The molecule has 0 aromatic rings. The molecule has 0 aromatic heterocycles. The Kier molecular flexibility index (Phi) is 2.34. The molecule has 0 saturated carbocycles. The molecule has 0 aromatic carbocycles. The van der Waals surface area contributed by atoms with Crippen molar-refractivity contribution in [3.05, 3.63) is 11.6 Å². The van der Waals surface area contributed by atoms with Gasteiger partial charge in [-0.25, -0.2) is 13.6 Å². The summed E-state index contributed by atoms with van der Waals surface area (Å²) in [5.41, 5.74) is 1.27. The van der Waals surface area contributed by atoms with Gasteiger partial charge in [0.05, 0.1) is 5.25 Å². The van der Waals surface area contributed by atoms with E-state index < -0.39 is 10.0 Å². The predicted octanol–water partition coefficient (Wildman–Crippen LogP) is 0.774. The predicted molar refractivity (Wildman–Crippen MR) is 44.5 cm³/mol. The van der Waals surface area contributed by atoms with Crippen LogP contribution in [0, 0.1) is 0 Å². The molecule has 0 saturated heterocycles. The van der Waals surface area contributed by atoms with E-state index in [1.165, 1.54) is 5.57 Å². The molecule has 1 unspecified atom stereocenters. The van der Waals surface area contributed by atoms with Gasteiger partial charge in [-0.1, -0.05) is 11.6 Å². The van der Waals surface area contributed by atoms with Crippen LogP contribution in [0.4, 0.5) is 0 Å². The van der Waals surface area contributed by atoms with E-state index in [4.69, 9.17) is 5.14 Å². The van der Waals surface area contributed by atoms with Crippen molar-refractivity contribution in [2.24, 2.45) is 5.14 Å². The Morgan fingerprint density at radius 2 is 2.27 bits per heavy atom. The largest absolute Gasteiger partial charge is 0.228 e. The minimum atomic E-state index is -3.29. The van der Waals surface area contributed by atoms with Crippen molar-refractivity contribution in [3.63, 3.8) is 0 Å². The van der Waals surface area contributed by atoms with Gasteiger partial charge >= 0.3 is 0 Å². The molecule has 1 aliphatic carbocycles. The molecular formula is C7H13NO2S. The Labute approximate surface area is 67.3 Å². The highest BCUT2D eigenvalue weighted by molar-refractivity contribution is 7.89. The molecule has 1 aliphatic rings. The van der Waals surface area contributed by atoms with Crippen molar-refractivity contribution in [3.8, 4) is 0 Å². The lowest BCUT2D eigenvalue weighted by Crippen LogP contribution is -2.29. The standard InChI is InChI=1S/C7H13NO2S/c1-6-2-4-7(5-3-6)11(8,9)10/h2,7H,3-5H2,1H3,(H2,8,9,10). The lowest BCUT2D eigenvalue weighted by Gasteiger charge is -2.17. The molecule has 0 heterocycles. The maximum Gasteiger partial charge on any atom is 0.212 e. The van der Waals surface area contributed by atoms with Crippen molar-refractivity contribution < 1.29 is 8.42 Å². The number of nitrogens with two attached hydrogens (primary N) is 1. The van der Waals surface area contributed by atoms with Gasteiger partial charge in [0.15, 0.2) is 0 Å². The van der Waals surface area contributed by atoms with E-state index in [0.717, 1.165) is 6.42 Å². The number of rotatable bonds is 1. The van der Waals surface area contributed by atoms with Crippen molar-refractivity contribution in [1.29, 1.82) is 0 Å². The van der Waals surface area contributed by atoms with Gasteiger partial charge in [-0.3, -0.25) is 0 Å². The van der Waals surface area contributed by atoms with Gasteiger partial charge < -0.3 is 0 Å². The number of sulfonamides is 1. The second-order valence-electron chi connectivity index (χ2n) is 3.04. The smallest absolute Gasteiger partial charge is 0.212 e. The van der Waals surface area contributed by atoms with Gasteiger partial charge in [-0.15, -0.1) is 0 Å². The second-order valence-corrected chi connectivity index (χ2v) is 4.88. The van der Waals surface area contributed by atoms with Crippen LogP contribution in [-0.2, 0) is 10.0 Å². The second kappa shape index (κ2) is 2.95. The minimum absolute atomic E-state index is 0.341. The van der Waals surface area contributed by atoms with E-state index in [1.807, 2.05) is 13.0 Å². The third-order valence-corrected chi connectivity index (χ3v) is 3.41. The Balaban J connectivity index is 2.69. The summed E-state index contributed by atoms with van der Waals surface area (Å²) in [5.74, 6) is 0. The monoisotopic (exact) mass is 175 g/mol. The first kappa shape index (κ1) is 8.74. The summed E-state index contributed by atoms with van der Waals surface area (Å²) in [4.78, 5) is 0. The number of allylic oxidation sites excluding steroid dienone is 2. The van der Waals surface area contributed by atoms with Crippen LogP contribution in [0.3, 0.4) is 0 Å². The Bertz CT molecular complexity index is 266. The van der Waals surface area contributed by atoms with E-state index >= 15 is 0 Å². The van der Waals surface area contributed by atoms with Crippen LogP contribution < -0.4 is 5.14 Å². The highest BCUT2D eigenvalue weighted by Crippen LogP contribution is 2.21. The van der Waals surface area contributed by atoms with Gasteiger partial charge in [0, 0.05) is 0 Å². The summed E-state index contributed by atoms with van der Waals surface area (Å²) >= 11 is 0. The van der Waals surface area contributed by atoms with Gasteiger partial charge in [0.2, 0.25) is 10.0 Å². The van der Waals surface area contributed by atoms with Crippen LogP contribution in [0.5, 0.6) is 0 Å². The van der Waals surface area contributed by atoms with Crippen LogP contribution in [0.25, 0.3) is 0 Å². The molecule has 0 bridgehead atoms. The fourth-order valence-corrected chi connectivity index (χ4v) is 2.05. The van der Waals surface area contributed by atoms with Crippen molar-refractivity contribution in [2.45, 2.75) is 31.4 Å². The molecular weight excluding hydrogens is 162 g/mol. The van der Waals surface area contributed by atoms with Crippen LogP contribution in [0.1, 0.15) is 26.2 Å². The van der Waals surface area contributed by atoms with Gasteiger partial charge in [-0.2, -0.15) is 0 Å². The van der Waals surface area contributed by atoms with Crippen molar-refractivity contribution in [1.82, 2.24) is 0 Å². The quantitative estimate of drug-likeness (QED) is 0.598. The summed E-state index contributed by atoms with van der Waals surface area (Å²) in [7, 11) is -3.29. The third-order valence-electron chi connectivity index (χ3n) is 2.05. The van der Waals surface area contributed by atoms with E-state index in [2.05, 4.69) is 0 Å². The van der Waals surface area contributed by atoms with E-state index in [0.29, 0.717) is 12.8 Å². The lowest BCUT2D eigenvalue weighted by molar-refractivity contribution is 0.566. The molecule has 0 aliphatic heterocycles. The first-order valence-electron chi connectivity index (χ1n) is 3.67. The van der Waals surface area contributed by atoms with Crippen LogP contribution in [0.2, 0.25) is 0 Å². The molecule has 3 nitrogen and oxygen atoms in total. The van der Waals surface area contributed by atoms with Crippen LogP contribution >= 0.6 is 0 Å². The molecule has 2 N–H and O–H groups in total. The fourth-order valence-electron chi connectivity index (χ4n) is 1.24. The molecule has 0 fully saturated rings. The lowest BCUT2D eigenvalue weighted by atomic mass is 10.0. The summed E-state index contributed by atoms with van der Waals surface area (Å²) < 4.78 is 21.7. The molecule has 0 spiro atoms. The molecule has 0 radical (unpaired) electrons. The van der Waals surface area contributed by atoms with E-state index in [-0.39, 0.29) is 5.25 Å². The van der Waals surface area contributed by atoms with Gasteiger partial charge in [0.1, 0.15) is 0 Å². The molecule has 0 amide bonds. The topological polar surface area (TPSA) is 60.2 Å².